The molecule has 28 heavy (non-hydrogen) atoms. The highest BCUT2D eigenvalue weighted by Gasteiger charge is 2.20. The minimum atomic E-state index is -0.483. The van der Waals surface area contributed by atoms with Crippen molar-refractivity contribution in [3.63, 3.8) is 0 Å². The first kappa shape index (κ1) is 20.5. The lowest BCUT2D eigenvalue weighted by molar-refractivity contribution is -0.115. The number of carbonyl (C=O) groups excluding carboxylic acids is 1. The molecule has 0 fully saturated rings. The number of amides is 1. The molecule has 0 saturated carbocycles. The van der Waals surface area contributed by atoms with Gasteiger partial charge in [-0.05, 0) is 56.3 Å². The van der Waals surface area contributed by atoms with Gasteiger partial charge in [-0.25, -0.2) is 0 Å². The first-order chi connectivity index (χ1) is 13.5. The number of ether oxygens (including phenoxy) is 1. The van der Waals surface area contributed by atoms with E-state index in [2.05, 4.69) is 15.5 Å². The summed E-state index contributed by atoms with van der Waals surface area (Å²) >= 11 is 13.2. The first-order valence-corrected chi connectivity index (χ1v) is 10.1. The number of hydrogen-bond donors (Lipinski definition) is 1. The van der Waals surface area contributed by atoms with Crippen molar-refractivity contribution in [1.29, 1.82) is 0 Å². The molecule has 0 aliphatic carbocycles. The Kier molecular flexibility index (Phi) is 6.83. The monoisotopic (exact) mass is 437 g/mol. The highest BCUT2D eigenvalue weighted by atomic mass is 35.5. The Morgan fingerprint density at radius 2 is 1.96 bits per heavy atom. The van der Waals surface area contributed by atoms with Gasteiger partial charge in [0.1, 0.15) is 5.75 Å². The molecule has 0 spiro atoms. The molecule has 1 amide bonds. The molecule has 0 saturated heterocycles. The van der Waals surface area contributed by atoms with E-state index in [4.69, 9.17) is 32.4 Å². The Balaban J connectivity index is 1.63. The second kappa shape index (κ2) is 9.32. The molecular weight excluding hydrogens is 421 g/mol. The highest BCUT2D eigenvalue weighted by Crippen LogP contribution is 2.29. The van der Waals surface area contributed by atoms with Crippen molar-refractivity contribution >= 4 is 46.6 Å². The minimum absolute atomic E-state index is 0.255. The summed E-state index contributed by atoms with van der Waals surface area (Å²) in [5.41, 5.74) is 1.22. The van der Waals surface area contributed by atoms with Gasteiger partial charge in [0.25, 0.3) is 5.22 Å². The molecular formula is C19H17Cl2N3O3S. The summed E-state index contributed by atoms with van der Waals surface area (Å²) in [6.07, 6.45) is 0. The van der Waals surface area contributed by atoms with Crippen LogP contribution in [0, 0.1) is 0 Å². The van der Waals surface area contributed by atoms with Crippen LogP contribution in [0.15, 0.2) is 52.1 Å². The van der Waals surface area contributed by atoms with E-state index in [9.17, 15) is 4.79 Å². The molecule has 0 radical (unpaired) electrons. The van der Waals surface area contributed by atoms with Gasteiger partial charge in [0, 0.05) is 10.6 Å². The van der Waals surface area contributed by atoms with Crippen LogP contribution in [0.5, 0.6) is 5.75 Å². The summed E-state index contributed by atoms with van der Waals surface area (Å²) in [5.74, 6) is 0.886. The van der Waals surface area contributed by atoms with Crippen molar-refractivity contribution in [3.8, 4) is 17.2 Å². The Hall–Kier alpha value is -2.22. The van der Waals surface area contributed by atoms with Gasteiger partial charge in [-0.2, -0.15) is 0 Å². The van der Waals surface area contributed by atoms with Gasteiger partial charge in [0.15, 0.2) is 0 Å². The Bertz CT molecular complexity index is 963. The Morgan fingerprint density at radius 3 is 2.68 bits per heavy atom. The molecule has 0 aliphatic heterocycles. The lowest BCUT2D eigenvalue weighted by atomic mass is 10.2. The maximum Gasteiger partial charge on any atom is 0.277 e. The number of hydrogen-bond acceptors (Lipinski definition) is 6. The second-order valence-electron chi connectivity index (χ2n) is 5.70. The molecule has 146 valence electrons. The van der Waals surface area contributed by atoms with Crippen LogP contribution >= 0.6 is 35.0 Å². The van der Waals surface area contributed by atoms with Gasteiger partial charge >= 0.3 is 0 Å². The third-order valence-electron chi connectivity index (χ3n) is 3.65. The average Bonchev–Trinajstić information content (AvgIpc) is 3.14. The normalized spacial score (nSPS) is 11.9. The summed E-state index contributed by atoms with van der Waals surface area (Å²) in [6, 6.07) is 12.2. The summed E-state index contributed by atoms with van der Waals surface area (Å²) < 4.78 is 11.1. The lowest BCUT2D eigenvalue weighted by Crippen LogP contribution is -2.22. The smallest absolute Gasteiger partial charge is 0.277 e. The number of thioether (sulfide) groups is 1. The molecule has 1 aromatic heterocycles. The third-order valence-corrected chi connectivity index (χ3v) is 5.15. The summed E-state index contributed by atoms with van der Waals surface area (Å²) in [5, 5.41) is 11.5. The van der Waals surface area contributed by atoms with Gasteiger partial charge in [-0.1, -0.05) is 35.0 Å². The molecule has 0 bridgehead atoms. The van der Waals surface area contributed by atoms with Gasteiger partial charge in [-0.3, -0.25) is 4.79 Å². The van der Waals surface area contributed by atoms with Gasteiger partial charge in [-0.15, -0.1) is 10.2 Å². The van der Waals surface area contributed by atoms with E-state index < -0.39 is 5.25 Å². The number of nitrogens with one attached hydrogen (secondary N) is 1. The largest absolute Gasteiger partial charge is 0.494 e. The molecule has 3 rings (SSSR count). The number of anilines is 1. The van der Waals surface area contributed by atoms with Gasteiger partial charge < -0.3 is 14.5 Å². The van der Waals surface area contributed by atoms with Crippen LogP contribution < -0.4 is 10.1 Å². The summed E-state index contributed by atoms with van der Waals surface area (Å²) in [4.78, 5) is 12.4. The minimum Gasteiger partial charge on any atom is -0.494 e. The average molecular weight is 438 g/mol. The zero-order chi connectivity index (χ0) is 20.1. The van der Waals surface area contributed by atoms with E-state index in [0.29, 0.717) is 33.5 Å². The fourth-order valence-corrected chi connectivity index (χ4v) is 3.29. The third kappa shape index (κ3) is 5.19. The van der Waals surface area contributed by atoms with E-state index in [1.807, 2.05) is 31.2 Å². The van der Waals surface area contributed by atoms with Crippen LogP contribution in [0.25, 0.3) is 11.5 Å². The fourth-order valence-electron chi connectivity index (χ4n) is 2.27. The van der Waals surface area contributed by atoms with Crippen LogP contribution in [-0.4, -0.2) is 28.0 Å². The standard InChI is InChI=1S/C19H17Cl2N3O3S/c1-3-26-14-7-4-12(5-8-14)18-23-24-19(27-18)28-11(2)17(25)22-16-10-13(20)6-9-15(16)21/h4-11H,3H2,1-2H3,(H,22,25). The number of halogens is 2. The maximum absolute atomic E-state index is 12.4. The number of nitrogens with zero attached hydrogens (tertiary/aromatic N) is 2. The van der Waals surface area contributed by atoms with Crippen LogP contribution in [0.2, 0.25) is 10.0 Å². The maximum atomic E-state index is 12.4. The molecule has 0 aliphatic rings. The zero-order valence-corrected chi connectivity index (χ0v) is 17.4. The summed E-state index contributed by atoms with van der Waals surface area (Å²) in [7, 11) is 0. The second-order valence-corrected chi connectivity index (χ2v) is 7.84. The molecule has 1 heterocycles. The molecule has 9 heteroatoms. The van der Waals surface area contributed by atoms with Crippen LogP contribution in [-0.2, 0) is 4.79 Å². The fraction of sp³-hybridized carbons (Fsp3) is 0.211. The van der Waals surface area contributed by atoms with Crippen LogP contribution in [0.3, 0.4) is 0 Å². The van der Waals surface area contributed by atoms with Crippen molar-refractivity contribution in [2.45, 2.75) is 24.3 Å². The zero-order valence-electron chi connectivity index (χ0n) is 15.1. The number of aromatic nitrogens is 2. The lowest BCUT2D eigenvalue weighted by Gasteiger charge is -2.11. The predicted octanol–water partition coefficient (Wildman–Crippen LogP) is 5.56. The molecule has 6 nitrogen and oxygen atoms in total. The van der Waals surface area contributed by atoms with Crippen molar-refractivity contribution in [2.75, 3.05) is 11.9 Å². The first-order valence-electron chi connectivity index (χ1n) is 8.45. The van der Waals surface area contributed by atoms with E-state index in [-0.39, 0.29) is 5.91 Å². The number of benzene rings is 2. The topological polar surface area (TPSA) is 77.2 Å². The van der Waals surface area contributed by atoms with Gasteiger partial charge in [0.2, 0.25) is 11.8 Å². The predicted molar refractivity (Wildman–Crippen MR) is 111 cm³/mol. The molecule has 3 aromatic rings. The van der Waals surface area contributed by atoms with Crippen molar-refractivity contribution in [3.05, 3.63) is 52.5 Å². The molecule has 2 aromatic carbocycles. The summed E-state index contributed by atoms with van der Waals surface area (Å²) in [6.45, 7) is 4.26. The molecule has 1 N–H and O–H groups in total. The highest BCUT2D eigenvalue weighted by molar-refractivity contribution is 8.00. The Labute approximate surface area is 176 Å². The van der Waals surface area contributed by atoms with Crippen molar-refractivity contribution in [2.24, 2.45) is 0 Å². The van der Waals surface area contributed by atoms with Crippen molar-refractivity contribution < 1.29 is 13.9 Å². The van der Waals surface area contributed by atoms with Crippen LogP contribution in [0.4, 0.5) is 5.69 Å². The van der Waals surface area contributed by atoms with E-state index in [1.165, 1.54) is 0 Å². The number of carbonyl (C=O) groups is 1. The van der Waals surface area contributed by atoms with Crippen LogP contribution in [0.1, 0.15) is 13.8 Å². The molecule has 1 unspecified atom stereocenters. The van der Waals surface area contributed by atoms with E-state index in [1.54, 1.807) is 25.1 Å². The van der Waals surface area contributed by atoms with Crippen molar-refractivity contribution in [1.82, 2.24) is 10.2 Å². The SMILES string of the molecule is CCOc1ccc(-c2nnc(SC(C)C(=O)Nc3cc(Cl)ccc3Cl)o2)cc1. The van der Waals surface area contributed by atoms with Gasteiger partial charge in [0.05, 0.1) is 22.6 Å². The molecule has 1 atom stereocenters. The van der Waals surface area contributed by atoms with E-state index in [0.717, 1.165) is 23.1 Å². The number of rotatable bonds is 7. The Morgan fingerprint density at radius 1 is 1.21 bits per heavy atom. The quantitative estimate of drug-likeness (QED) is 0.487. The van der Waals surface area contributed by atoms with E-state index >= 15 is 0 Å².